The molecule has 1 aromatic heterocycles. The number of hydrogen-bond acceptors (Lipinski definition) is 5. The van der Waals surface area contributed by atoms with Crippen LogP contribution in [0.2, 0.25) is 0 Å². The van der Waals surface area contributed by atoms with Gasteiger partial charge in [-0.2, -0.15) is 0 Å². The number of sulfonamides is 1. The fourth-order valence-electron chi connectivity index (χ4n) is 8.35. The first-order valence-corrected chi connectivity index (χ1v) is 15.8. The second-order valence-electron chi connectivity index (χ2n) is 12.8. The van der Waals surface area contributed by atoms with Crippen LogP contribution in [-0.4, -0.2) is 59.7 Å². The molecule has 1 aliphatic heterocycles. The molecule has 2 bridgehead atoms. The standard InChI is InChI=1S/C31H39N3O4S/c1-28(2)25-8-12-30(28,31(36,20-25)21-33-27(35)19-23-9-15-32-16-10-23)22-39(37,38)34-17-13-29(14-18-34)11-7-24-5-3-4-6-26(24)29/h3-7,9-11,15-16,25,36H,8,12-14,17-22H2,1-2H3,(H,33,35)/t25-,30+,31-/m1/s1. The Morgan fingerprint density at radius 3 is 2.54 bits per heavy atom. The van der Waals surface area contributed by atoms with Crippen LogP contribution >= 0.6 is 0 Å². The van der Waals surface area contributed by atoms with Crippen LogP contribution in [-0.2, 0) is 26.7 Å². The average Bonchev–Trinajstić information content (AvgIpc) is 3.44. The number of piperidine rings is 1. The number of nitrogens with one attached hydrogen (secondary N) is 1. The summed E-state index contributed by atoms with van der Waals surface area (Å²) in [7, 11) is -3.63. The summed E-state index contributed by atoms with van der Waals surface area (Å²) in [5, 5.41) is 15.0. The number of hydrogen-bond donors (Lipinski definition) is 2. The first-order chi connectivity index (χ1) is 18.5. The number of allylic oxidation sites excluding steroid dienone is 1. The number of carbonyl (C=O) groups is 1. The van der Waals surface area contributed by atoms with Crippen molar-refractivity contribution in [3.05, 3.63) is 71.6 Å². The maximum Gasteiger partial charge on any atom is 0.224 e. The van der Waals surface area contributed by atoms with Crippen LogP contribution < -0.4 is 5.32 Å². The van der Waals surface area contributed by atoms with Gasteiger partial charge in [0.15, 0.2) is 0 Å². The molecule has 2 aromatic rings. The molecular formula is C31H39N3O4S. The monoisotopic (exact) mass is 549 g/mol. The van der Waals surface area contributed by atoms with Gasteiger partial charge in [0.1, 0.15) is 0 Å². The zero-order chi connectivity index (χ0) is 27.5. The van der Waals surface area contributed by atoms with E-state index >= 15 is 0 Å². The normalized spacial score (nSPS) is 30.5. The number of rotatable bonds is 7. The maximum absolute atomic E-state index is 14.0. The van der Waals surface area contributed by atoms with Crippen molar-refractivity contribution in [1.29, 1.82) is 0 Å². The second-order valence-corrected chi connectivity index (χ2v) is 14.8. The predicted octanol–water partition coefficient (Wildman–Crippen LogP) is 3.69. The molecule has 2 saturated carbocycles. The molecule has 39 heavy (non-hydrogen) atoms. The molecule has 7 nitrogen and oxygen atoms in total. The summed E-state index contributed by atoms with van der Waals surface area (Å²) < 4.78 is 29.7. The predicted molar refractivity (Wildman–Crippen MR) is 151 cm³/mol. The van der Waals surface area contributed by atoms with Crippen molar-refractivity contribution in [2.75, 3.05) is 25.4 Å². The molecule has 208 valence electrons. The summed E-state index contributed by atoms with van der Waals surface area (Å²) in [6, 6.07) is 12.0. The summed E-state index contributed by atoms with van der Waals surface area (Å²) in [5.74, 6) is -0.0429. The molecule has 1 spiro atoms. The summed E-state index contributed by atoms with van der Waals surface area (Å²) in [6.45, 7) is 5.24. The molecule has 8 heteroatoms. The van der Waals surface area contributed by atoms with E-state index in [0.29, 0.717) is 25.9 Å². The van der Waals surface area contributed by atoms with Crippen molar-refractivity contribution in [3.63, 3.8) is 0 Å². The molecule has 0 unspecified atom stereocenters. The molecular weight excluding hydrogens is 510 g/mol. The molecule has 1 aromatic carbocycles. The number of aliphatic hydroxyl groups is 1. The van der Waals surface area contributed by atoms with Gasteiger partial charge in [-0.05, 0) is 72.3 Å². The van der Waals surface area contributed by atoms with Crippen LogP contribution in [0.1, 0.15) is 62.6 Å². The minimum atomic E-state index is -3.63. The Kier molecular flexibility index (Phi) is 6.32. The molecule has 1 amide bonds. The van der Waals surface area contributed by atoms with Gasteiger partial charge in [-0.15, -0.1) is 0 Å². The van der Waals surface area contributed by atoms with Gasteiger partial charge in [-0.3, -0.25) is 9.78 Å². The average molecular weight is 550 g/mol. The smallest absolute Gasteiger partial charge is 0.224 e. The lowest BCUT2D eigenvalue weighted by atomic mass is 9.64. The van der Waals surface area contributed by atoms with Crippen LogP contribution in [0.3, 0.4) is 0 Å². The molecule has 1 saturated heterocycles. The lowest BCUT2D eigenvalue weighted by molar-refractivity contribution is -0.125. The summed E-state index contributed by atoms with van der Waals surface area (Å²) in [4.78, 5) is 16.7. The first-order valence-electron chi connectivity index (χ1n) is 14.2. The molecule has 2 N–H and O–H groups in total. The first kappa shape index (κ1) is 26.7. The van der Waals surface area contributed by atoms with Gasteiger partial charge in [-0.25, -0.2) is 12.7 Å². The highest BCUT2D eigenvalue weighted by Gasteiger charge is 2.72. The van der Waals surface area contributed by atoms with Gasteiger partial charge in [0, 0.05) is 42.9 Å². The van der Waals surface area contributed by atoms with Gasteiger partial charge in [-0.1, -0.05) is 50.3 Å². The Labute approximate surface area is 231 Å². The van der Waals surface area contributed by atoms with Crippen molar-refractivity contribution < 1.29 is 18.3 Å². The van der Waals surface area contributed by atoms with Crippen molar-refractivity contribution in [2.24, 2.45) is 16.7 Å². The van der Waals surface area contributed by atoms with Crippen LogP contribution in [0.15, 0.2) is 54.9 Å². The van der Waals surface area contributed by atoms with Crippen LogP contribution in [0.25, 0.3) is 6.08 Å². The summed E-state index contributed by atoms with van der Waals surface area (Å²) in [5.41, 5.74) is 0.845. The van der Waals surface area contributed by atoms with E-state index in [4.69, 9.17) is 0 Å². The van der Waals surface area contributed by atoms with E-state index in [-0.39, 0.29) is 41.4 Å². The third-order valence-corrected chi connectivity index (χ3v) is 12.9. The van der Waals surface area contributed by atoms with Crippen molar-refractivity contribution >= 4 is 22.0 Å². The van der Waals surface area contributed by atoms with Crippen LogP contribution in [0, 0.1) is 16.7 Å². The van der Waals surface area contributed by atoms with E-state index in [1.54, 1.807) is 28.8 Å². The number of carbonyl (C=O) groups excluding carboxylic acids is 1. The van der Waals surface area contributed by atoms with Gasteiger partial charge >= 0.3 is 0 Å². The van der Waals surface area contributed by atoms with E-state index in [1.807, 2.05) is 6.07 Å². The Hall–Kier alpha value is -2.55. The van der Waals surface area contributed by atoms with Crippen molar-refractivity contribution in [1.82, 2.24) is 14.6 Å². The highest BCUT2D eigenvalue weighted by Crippen LogP contribution is 2.70. The molecule has 3 aliphatic carbocycles. The number of fused-ring (bicyclic) bond motifs is 4. The number of benzene rings is 1. The fourth-order valence-corrected chi connectivity index (χ4v) is 10.7. The Bertz CT molecular complexity index is 1400. The maximum atomic E-state index is 14.0. The van der Waals surface area contributed by atoms with Gasteiger partial charge in [0.25, 0.3) is 0 Å². The van der Waals surface area contributed by atoms with Gasteiger partial charge in [0.05, 0.1) is 17.8 Å². The Balaban J connectivity index is 1.18. The number of amides is 1. The zero-order valence-corrected chi connectivity index (χ0v) is 23.7. The molecule has 4 aliphatic rings. The van der Waals surface area contributed by atoms with Crippen molar-refractivity contribution in [2.45, 2.75) is 63.4 Å². The second kappa shape index (κ2) is 9.25. The SMILES string of the molecule is CC1(C)[C@@H]2CC[C@@]1(CS(=O)(=O)N1CCC3(C=Cc4ccccc43)CC1)[C@](O)(CNC(=O)Cc1ccncc1)C2. The molecule has 0 radical (unpaired) electrons. The largest absolute Gasteiger partial charge is 0.387 e. The minimum Gasteiger partial charge on any atom is -0.387 e. The quantitative estimate of drug-likeness (QED) is 0.549. The lowest BCUT2D eigenvalue weighted by Gasteiger charge is -2.49. The highest BCUT2D eigenvalue weighted by atomic mass is 32.2. The van der Waals surface area contributed by atoms with E-state index in [1.165, 1.54) is 11.1 Å². The lowest BCUT2D eigenvalue weighted by Crippen LogP contribution is -2.60. The van der Waals surface area contributed by atoms with E-state index in [2.05, 4.69) is 54.5 Å². The molecule has 3 fully saturated rings. The summed E-state index contributed by atoms with van der Waals surface area (Å²) in [6.07, 6.45) is 11.5. The Morgan fingerprint density at radius 2 is 1.82 bits per heavy atom. The van der Waals surface area contributed by atoms with Gasteiger partial charge in [0.2, 0.25) is 15.9 Å². The van der Waals surface area contributed by atoms with E-state index < -0.39 is 21.0 Å². The number of pyridine rings is 1. The zero-order valence-electron chi connectivity index (χ0n) is 22.9. The van der Waals surface area contributed by atoms with Gasteiger partial charge < -0.3 is 10.4 Å². The fraction of sp³-hybridized carbons (Fsp3) is 0.548. The highest BCUT2D eigenvalue weighted by molar-refractivity contribution is 7.89. The molecule has 2 heterocycles. The van der Waals surface area contributed by atoms with Crippen LogP contribution in [0.5, 0.6) is 0 Å². The minimum absolute atomic E-state index is 0.0665. The topological polar surface area (TPSA) is 99.6 Å². The van der Waals surface area contributed by atoms with E-state index in [9.17, 15) is 18.3 Å². The Morgan fingerprint density at radius 1 is 1.10 bits per heavy atom. The third-order valence-electron chi connectivity index (χ3n) is 10.9. The third kappa shape index (κ3) is 4.18. The molecule has 6 rings (SSSR count). The van der Waals surface area contributed by atoms with Crippen LogP contribution in [0.4, 0.5) is 0 Å². The number of nitrogens with zero attached hydrogens (tertiary/aromatic N) is 2. The van der Waals surface area contributed by atoms with E-state index in [0.717, 1.165) is 24.8 Å². The summed E-state index contributed by atoms with van der Waals surface area (Å²) >= 11 is 0. The van der Waals surface area contributed by atoms with Crippen molar-refractivity contribution in [3.8, 4) is 0 Å². The number of aromatic nitrogens is 1. The molecule has 3 atom stereocenters.